The molecule has 0 unspecified atom stereocenters. The predicted octanol–water partition coefficient (Wildman–Crippen LogP) is 8.49. The first kappa shape index (κ1) is 31.4. The molecule has 8 heteroatoms. The number of hydrogen-bond donors (Lipinski definition) is 1. The Bertz CT molecular complexity index is 1820. The number of hydrogen-bond acceptors (Lipinski definition) is 5. The van der Waals surface area contributed by atoms with Crippen molar-refractivity contribution in [3.8, 4) is 5.75 Å². The third-order valence-corrected chi connectivity index (χ3v) is 8.98. The van der Waals surface area contributed by atoms with Crippen molar-refractivity contribution in [1.29, 1.82) is 0 Å². The number of carbonyl (C=O) groups is 2. The molecule has 1 N–H and O–H groups in total. The van der Waals surface area contributed by atoms with Crippen molar-refractivity contribution >= 4 is 57.1 Å². The van der Waals surface area contributed by atoms with Crippen LogP contribution < -0.4 is 4.74 Å². The van der Waals surface area contributed by atoms with Crippen LogP contribution in [0.3, 0.4) is 0 Å². The summed E-state index contributed by atoms with van der Waals surface area (Å²) in [6.07, 6.45) is 10.2. The highest BCUT2D eigenvalue weighted by Crippen LogP contribution is 2.29. The number of ether oxygens (including phenoxy) is 1. The standard InChI is InChI=1S/C36H34N2O4S.BrH/c1-2-3-13-34-37-22-28(38(34)23-26-15-17-33(35(39)40)32-12-5-4-11-31(26)32)19-27(21-30-10-7-18-43-30)36(41)42-29-16-14-24-8-6-9-25(24)20-29;/h4-5,7,10-12,14-20,22H,2-3,6,8-9,13,21,23H2,1H3,(H,39,40);1H/b27-19+;. The smallest absolute Gasteiger partial charge is 0.339 e. The van der Waals surface area contributed by atoms with Crippen LogP contribution in [0.2, 0.25) is 0 Å². The fourth-order valence-electron chi connectivity index (χ4n) is 5.86. The minimum atomic E-state index is -0.947. The Kier molecular flexibility index (Phi) is 10.1. The van der Waals surface area contributed by atoms with E-state index in [1.807, 2.05) is 72.3 Å². The van der Waals surface area contributed by atoms with Crippen molar-refractivity contribution in [2.45, 2.75) is 58.4 Å². The summed E-state index contributed by atoms with van der Waals surface area (Å²) in [7, 11) is 0. The molecule has 6 rings (SSSR count). The molecule has 0 atom stereocenters. The molecule has 2 heterocycles. The van der Waals surface area contributed by atoms with Crippen molar-refractivity contribution < 1.29 is 19.4 Å². The number of imidazole rings is 1. The molecule has 0 bridgehead atoms. The average molecular weight is 672 g/mol. The van der Waals surface area contributed by atoms with Crippen LogP contribution in [-0.4, -0.2) is 26.6 Å². The summed E-state index contributed by atoms with van der Waals surface area (Å²) in [6, 6.07) is 21.1. The molecular weight excluding hydrogens is 636 g/mol. The molecule has 0 fully saturated rings. The number of carboxylic acid groups (broad SMARTS) is 1. The number of rotatable bonds is 11. The van der Waals surface area contributed by atoms with E-state index in [1.54, 1.807) is 17.4 Å². The number of carboxylic acids is 1. The molecule has 3 aromatic carbocycles. The van der Waals surface area contributed by atoms with Gasteiger partial charge < -0.3 is 14.4 Å². The zero-order valence-electron chi connectivity index (χ0n) is 24.6. The number of unbranched alkanes of at least 4 members (excludes halogenated alkanes) is 1. The molecule has 0 aliphatic heterocycles. The van der Waals surface area contributed by atoms with E-state index in [2.05, 4.69) is 17.6 Å². The molecular formula is C36H35BrN2O4S. The maximum absolute atomic E-state index is 13.7. The van der Waals surface area contributed by atoms with Gasteiger partial charge in [-0.15, -0.1) is 28.3 Å². The number of carbonyl (C=O) groups excluding carboxylic acids is 1. The van der Waals surface area contributed by atoms with Crippen molar-refractivity contribution in [2.75, 3.05) is 0 Å². The number of aromatic nitrogens is 2. The SMILES string of the molecule is Br.CCCCc1ncc(/C=C(\Cc2cccs2)C(=O)Oc2ccc3c(c2)CCC3)n1Cc1ccc(C(=O)O)c2ccccc12. The minimum Gasteiger partial charge on any atom is -0.478 e. The van der Waals surface area contributed by atoms with Gasteiger partial charge in [0, 0.05) is 29.8 Å². The Morgan fingerprint density at radius 2 is 1.84 bits per heavy atom. The summed E-state index contributed by atoms with van der Waals surface area (Å²) in [5, 5.41) is 13.4. The first-order chi connectivity index (χ1) is 21.0. The zero-order valence-corrected chi connectivity index (χ0v) is 27.2. The zero-order chi connectivity index (χ0) is 29.8. The van der Waals surface area contributed by atoms with Crippen LogP contribution in [0.1, 0.15) is 69.6 Å². The molecule has 0 radical (unpaired) electrons. The monoisotopic (exact) mass is 670 g/mol. The maximum Gasteiger partial charge on any atom is 0.339 e. The predicted molar refractivity (Wildman–Crippen MR) is 181 cm³/mol. The molecule has 0 amide bonds. The lowest BCUT2D eigenvalue weighted by atomic mass is 9.99. The van der Waals surface area contributed by atoms with Gasteiger partial charge in [0.25, 0.3) is 0 Å². The number of thiophene rings is 1. The Morgan fingerprint density at radius 3 is 2.61 bits per heavy atom. The molecule has 0 saturated carbocycles. The summed E-state index contributed by atoms with van der Waals surface area (Å²) >= 11 is 1.61. The van der Waals surface area contributed by atoms with Gasteiger partial charge in [-0.05, 0) is 88.9 Å². The van der Waals surface area contributed by atoms with Gasteiger partial charge in [-0.2, -0.15) is 0 Å². The van der Waals surface area contributed by atoms with E-state index in [0.29, 0.717) is 29.7 Å². The topological polar surface area (TPSA) is 81.4 Å². The summed E-state index contributed by atoms with van der Waals surface area (Å²) in [4.78, 5) is 31.5. The summed E-state index contributed by atoms with van der Waals surface area (Å²) < 4.78 is 8.11. The first-order valence-corrected chi connectivity index (χ1v) is 15.7. The molecule has 1 aliphatic rings. The molecule has 226 valence electrons. The Labute approximate surface area is 271 Å². The molecule has 0 saturated heterocycles. The van der Waals surface area contributed by atoms with E-state index in [1.165, 1.54) is 11.1 Å². The first-order valence-electron chi connectivity index (χ1n) is 14.9. The van der Waals surface area contributed by atoms with E-state index in [0.717, 1.165) is 65.9 Å². The lowest BCUT2D eigenvalue weighted by molar-refractivity contribution is -0.130. The maximum atomic E-state index is 13.7. The van der Waals surface area contributed by atoms with Crippen molar-refractivity contribution in [1.82, 2.24) is 9.55 Å². The largest absolute Gasteiger partial charge is 0.478 e. The quantitative estimate of drug-likeness (QED) is 0.0866. The Morgan fingerprint density at radius 1 is 1.02 bits per heavy atom. The van der Waals surface area contributed by atoms with Crippen LogP contribution in [-0.2, 0) is 37.0 Å². The van der Waals surface area contributed by atoms with Gasteiger partial charge in [0.15, 0.2) is 0 Å². The van der Waals surface area contributed by atoms with Gasteiger partial charge in [-0.25, -0.2) is 14.6 Å². The fraction of sp³-hybridized carbons (Fsp3) is 0.250. The van der Waals surface area contributed by atoms with Crippen molar-refractivity contribution in [3.63, 3.8) is 0 Å². The second-order valence-corrected chi connectivity index (χ2v) is 12.0. The summed E-state index contributed by atoms with van der Waals surface area (Å²) in [5.41, 5.74) is 5.23. The third kappa shape index (κ3) is 6.87. The third-order valence-electron chi connectivity index (χ3n) is 8.11. The number of aromatic carboxylic acids is 1. The van der Waals surface area contributed by atoms with Crippen LogP contribution in [0.15, 0.2) is 83.9 Å². The van der Waals surface area contributed by atoms with Crippen LogP contribution in [0.25, 0.3) is 16.8 Å². The number of benzene rings is 3. The normalized spacial score (nSPS) is 12.6. The second kappa shape index (κ2) is 14.2. The number of aryl methyl sites for hydroxylation is 3. The van der Waals surface area contributed by atoms with Gasteiger partial charge in [0.2, 0.25) is 0 Å². The Balaban J connectivity index is 0.00000384. The number of halogens is 1. The van der Waals surface area contributed by atoms with Crippen molar-refractivity contribution in [3.05, 3.63) is 123 Å². The minimum absolute atomic E-state index is 0. The van der Waals surface area contributed by atoms with E-state index in [9.17, 15) is 14.7 Å². The van der Waals surface area contributed by atoms with Crippen LogP contribution >= 0.6 is 28.3 Å². The lowest BCUT2D eigenvalue weighted by Crippen LogP contribution is -2.14. The van der Waals surface area contributed by atoms with Crippen molar-refractivity contribution in [2.24, 2.45) is 0 Å². The van der Waals surface area contributed by atoms with E-state index >= 15 is 0 Å². The van der Waals surface area contributed by atoms with Crippen LogP contribution in [0, 0.1) is 0 Å². The molecule has 0 spiro atoms. The van der Waals surface area contributed by atoms with E-state index in [-0.39, 0.29) is 28.5 Å². The lowest BCUT2D eigenvalue weighted by Gasteiger charge is -2.15. The van der Waals surface area contributed by atoms with E-state index < -0.39 is 5.97 Å². The number of fused-ring (bicyclic) bond motifs is 2. The highest BCUT2D eigenvalue weighted by atomic mass is 79.9. The number of nitrogens with zero attached hydrogens (tertiary/aromatic N) is 2. The highest BCUT2D eigenvalue weighted by Gasteiger charge is 2.19. The van der Waals surface area contributed by atoms with Gasteiger partial charge in [0.1, 0.15) is 11.6 Å². The molecule has 2 aromatic heterocycles. The summed E-state index contributed by atoms with van der Waals surface area (Å²) in [6.45, 7) is 2.65. The molecule has 5 aromatic rings. The molecule has 1 aliphatic carbocycles. The number of esters is 1. The molecule has 6 nitrogen and oxygen atoms in total. The van der Waals surface area contributed by atoms with Crippen LogP contribution in [0.4, 0.5) is 0 Å². The molecule has 44 heavy (non-hydrogen) atoms. The van der Waals surface area contributed by atoms with Gasteiger partial charge >= 0.3 is 11.9 Å². The Hall–Kier alpha value is -4.01. The van der Waals surface area contributed by atoms with Crippen LogP contribution in [0.5, 0.6) is 5.75 Å². The second-order valence-electron chi connectivity index (χ2n) is 11.0. The van der Waals surface area contributed by atoms with Gasteiger partial charge in [-0.3, -0.25) is 0 Å². The van der Waals surface area contributed by atoms with Gasteiger partial charge in [0.05, 0.1) is 17.5 Å². The average Bonchev–Trinajstić information content (AvgIpc) is 3.78. The van der Waals surface area contributed by atoms with E-state index in [4.69, 9.17) is 9.72 Å². The highest BCUT2D eigenvalue weighted by molar-refractivity contribution is 8.93. The fourth-order valence-corrected chi connectivity index (χ4v) is 6.59. The summed E-state index contributed by atoms with van der Waals surface area (Å²) in [5.74, 6) is 0.190. The van der Waals surface area contributed by atoms with Gasteiger partial charge in [-0.1, -0.05) is 55.8 Å².